The van der Waals surface area contributed by atoms with Crippen LogP contribution in [0.3, 0.4) is 0 Å². The third kappa shape index (κ3) is 1.62. The summed E-state index contributed by atoms with van der Waals surface area (Å²) in [5, 5.41) is 6.98. The monoisotopic (exact) mass is 269 g/mol. The average molecular weight is 270 g/mol. The van der Waals surface area contributed by atoms with Gasteiger partial charge in [-0.1, -0.05) is 0 Å². The minimum absolute atomic E-state index is 0.816. The third-order valence-corrected chi connectivity index (χ3v) is 8.17. The number of hydrogen-bond acceptors (Lipinski definition) is 1. The van der Waals surface area contributed by atoms with Crippen molar-refractivity contribution in [2.75, 3.05) is 4.43 Å². The first kappa shape index (κ1) is 8.31. The minimum atomic E-state index is -1.25. The standard InChI is InChI=1S/C7H9ClIN/c1-6(8)9-4-2-3-7(9)5-10/h10H,1-4H2. The van der Waals surface area contributed by atoms with Crippen molar-refractivity contribution in [3.63, 3.8) is 0 Å². The maximum atomic E-state index is 6.98. The van der Waals surface area contributed by atoms with E-state index in [-0.39, 0.29) is 0 Å². The second-order valence-electron chi connectivity index (χ2n) is 2.02. The molecule has 0 aliphatic carbocycles. The van der Waals surface area contributed by atoms with Gasteiger partial charge in [-0.05, 0) is 0 Å². The molecule has 1 N–H and O–H groups in total. The summed E-state index contributed by atoms with van der Waals surface area (Å²) in [5.41, 5.74) is 0. The van der Waals surface area contributed by atoms with Gasteiger partial charge in [-0.25, -0.2) is 0 Å². The Labute approximate surface area is 73.0 Å². The molecule has 0 atom stereocenters. The molecule has 1 aliphatic rings. The van der Waals surface area contributed by atoms with Gasteiger partial charge in [0.1, 0.15) is 0 Å². The Hall–Kier alpha value is 0.210. The number of allylic oxidation sites excluding steroid dienone is 1. The normalized spacial score (nSPS) is 20.9. The number of rotatable bonds is 1. The summed E-state index contributed by atoms with van der Waals surface area (Å²) in [4.78, 5) is 0. The summed E-state index contributed by atoms with van der Waals surface area (Å²) in [5.74, 6) is 2.49. The third-order valence-electron chi connectivity index (χ3n) is 1.38. The summed E-state index contributed by atoms with van der Waals surface area (Å²) in [6.45, 7) is 3.73. The van der Waals surface area contributed by atoms with Gasteiger partial charge in [0.25, 0.3) is 0 Å². The van der Waals surface area contributed by atoms with Gasteiger partial charge in [-0.15, -0.1) is 0 Å². The molecule has 0 spiro atoms. The van der Waals surface area contributed by atoms with Crippen LogP contribution in [0.5, 0.6) is 0 Å². The summed E-state index contributed by atoms with van der Waals surface area (Å²) >= 11 is 4.54. The molecule has 0 saturated carbocycles. The van der Waals surface area contributed by atoms with Crippen molar-refractivity contribution >= 4 is 37.3 Å². The van der Waals surface area contributed by atoms with Crippen molar-refractivity contribution < 1.29 is 0 Å². The molecule has 1 saturated heterocycles. The molecule has 0 amide bonds. The average Bonchev–Trinajstić information content (AvgIpc) is 2.33. The Morgan fingerprint density at radius 3 is 2.90 bits per heavy atom. The van der Waals surface area contributed by atoms with Crippen molar-refractivity contribution in [3.05, 3.63) is 13.2 Å². The quantitative estimate of drug-likeness (QED) is 0.430. The van der Waals surface area contributed by atoms with Crippen molar-refractivity contribution in [2.45, 2.75) is 12.8 Å². The van der Waals surface area contributed by atoms with Crippen LogP contribution in [0.25, 0.3) is 0 Å². The fourth-order valence-corrected chi connectivity index (χ4v) is 6.43. The number of alkyl halides is 1. The van der Waals surface area contributed by atoms with Crippen LogP contribution in [0.15, 0.2) is 13.2 Å². The van der Waals surface area contributed by atoms with E-state index in [0.717, 1.165) is 9.46 Å². The molecule has 0 radical (unpaired) electrons. The Bertz CT molecular complexity index is 206. The Morgan fingerprint density at radius 2 is 2.50 bits per heavy atom. The molecule has 0 aromatic rings. The van der Waals surface area contributed by atoms with E-state index in [1.54, 1.807) is 0 Å². The molecule has 56 valence electrons. The SMILES string of the molecule is C=C(Cl)I1CCCC1=C=N. The molecule has 0 aromatic heterocycles. The Morgan fingerprint density at radius 1 is 1.80 bits per heavy atom. The molecular formula is C7H9ClIN. The van der Waals surface area contributed by atoms with Gasteiger partial charge >= 0.3 is 73.2 Å². The Balaban J connectivity index is 2.78. The summed E-state index contributed by atoms with van der Waals surface area (Å²) < 4.78 is 3.19. The van der Waals surface area contributed by atoms with Gasteiger partial charge in [0.15, 0.2) is 0 Å². The van der Waals surface area contributed by atoms with Crippen LogP contribution < -0.4 is 0 Å². The summed E-state index contributed by atoms with van der Waals surface area (Å²) in [6.07, 6.45) is 2.23. The zero-order valence-electron chi connectivity index (χ0n) is 5.58. The molecule has 1 nitrogen and oxygen atoms in total. The van der Waals surface area contributed by atoms with Crippen LogP contribution in [0.4, 0.5) is 0 Å². The van der Waals surface area contributed by atoms with Crippen LogP contribution in [0.2, 0.25) is 0 Å². The molecule has 0 bridgehead atoms. The van der Waals surface area contributed by atoms with E-state index in [9.17, 15) is 0 Å². The maximum absolute atomic E-state index is 6.98. The van der Waals surface area contributed by atoms with Gasteiger partial charge in [-0.3, -0.25) is 0 Å². The van der Waals surface area contributed by atoms with E-state index in [4.69, 9.17) is 17.0 Å². The zero-order chi connectivity index (χ0) is 7.56. The van der Waals surface area contributed by atoms with E-state index >= 15 is 0 Å². The van der Waals surface area contributed by atoms with E-state index < -0.39 is 19.8 Å². The first-order valence-corrected chi connectivity index (χ1v) is 7.10. The first-order chi connectivity index (χ1) is 4.75. The molecule has 0 aromatic carbocycles. The predicted octanol–water partition coefficient (Wildman–Crippen LogP) is 3.13. The fraction of sp³-hybridized carbons (Fsp3) is 0.429. The van der Waals surface area contributed by atoms with E-state index in [2.05, 4.69) is 12.4 Å². The molecule has 0 unspecified atom stereocenters. The molecular weight excluding hydrogens is 260 g/mol. The van der Waals surface area contributed by atoms with Crippen LogP contribution >= 0.6 is 31.4 Å². The van der Waals surface area contributed by atoms with Crippen molar-refractivity contribution in [2.24, 2.45) is 0 Å². The first-order valence-electron chi connectivity index (χ1n) is 3.04. The summed E-state index contributed by atoms with van der Waals surface area (Å²) in [6, 6.07) is 0. The van der Waals surface area contributed by atoms with Gasteiger partial charge in [-0.2, -0.15) is 0 Å². The van der Waals surface area contributed by atoms with Crippen LogP contribution in [-0.4, -0.2) is 10.3 Å². The second-order valence-corrected chi connectivity index (χ2v) is 8.86. The van der Waals surface area contributed by atoms with Gasteiger partial charge in [0.2, 0.25) is 0 Å². The zero-order valence-corrected chi connectivity index (χ0v) is 8.50. The number of nitrogens with one attached hydrogen (secondary N) is 1. The van der Waals surface area contributed by atoms with Gasteiger partial charge in [0, 0.05) is 0 Å². The van der Waals surface area contributed by atoms with Crippen LogP contribution in [0.1, 0.15) is 12.8 Å². The topological polar surface area (TPSA) is 23.9 Å². The fourth-order valence-electron chi connectivity index (χ4n) is 0.930. The molecule has 3 heteroatoms. The molecule has 1 rings (SSSR count). The number of hydrogen-bond donors (Lipinski definition) is 1. The van der Waals surface area contributed by atoms with Crippen LogP contribution in [0, 0.1) is 5.41 Å². The molecule has 1 fully saturated rings. The Kier molecular flexibility index (Phi) is 2.96. The number of halogens is 2. The van der Waals surface area contributed by atoms with Crippen molar-refractivity contribution in [1.29, 1.82) is 5.41 Å². The van der Waals surface area contributed by atoms with E-state index in [1.165, 1.54) is 14.4 Å². The second kappa shape index (κ2) is 3.56. The van der Waals surface area contributed by atoms with Crippen molar-refractivity contribution in [1.82, 2.24) is 0 Å². The van der Waals surface area contributed by atoms with Gasteiger partial charge in [0.05, 0.1) is 0 Å². The summed E-state index contributed by atoms with van der Waals surface area (Å²) in [7, 11) is 0. The van der Waals surface area contributed by atoms with E-state index in [0.29, 0.717) is 0 Å². The van der Waals surface area contributed by atoms with Crippen LogP contribution in [-0.2, 0) is 0 Å². The van der Waals surface area contributed by atoms with Crippen molar-refractivity contribution in [3.8, 4) is 0 Å². The van der Waals surface area contributed by atoms with Gasteiger partial charge < -0.3 is 0 Å². The molecule has 10 heavy (non-hydrogen) atoms. The molecule has 1 aliphatic heterocycles. The molecule has 1 heterocycles. The van der Waals surface area contributed by atoms with E-state index in [1.807, 2.05) is 0 Å². The predicted molar refractivity (Wildman–Crippen MR) is 54.4 cm³/mol.